The minimum atomic E-state index is -1.01. The van der Waals surface area contributed by atoms with Crippen LogP contribution in [0.15, 0.2) is 27.4 Å². The molecule has 9 nitrogen and oxygen atoms in total. The Hall–Kier alpha value is -3.75. The van der Waals surface area contributed by atoms with Crippen molar-refractivity contribution < 1.29 is 39.4 Å². The van der Waals surface area contributed by atoms with Crippen LogP contribution in [0.3, 0.4) is 0 Å². The average Bonchev–Trinajstić information content (AvgIpc) is 2.63. The second kappa shape index (κ2) is 5.96. The summed E-state index contributed by atoms with van der Waals surface area (Å²) >= 11 is 0. The summed E-state index contributed by atoms with van der Waals surface area (Å²) < 4.78 is 15.4. The molecule has 3 rings (SSSR count). The van der Waals surface area contributed by atoms with Crippen LogP contribution in [0.5, 0.6) is 40.2 Å². The van der Waals surface area contributed by atoms with Gasteiger partial charge in [0.25, 0.3) is 0 Å². The normalized spacial score (nSPS) is 10.8. The molecule has 1 aromatic heterocycles. The van der Waals surface area contributed by atoms with Gasteiger partial charge in [0.05, 0.1) is 19.8 Å². The molecule has 0 unspecified atom stereocenters. The summed E-state index contributed by atoms with van der Waals surface area (Å²) in [6.07, 6.45) is 0. The monoisotopic (exact) mass is 362 g/mol. The summed E-state index contributed by atoms with van der Waals surface area (Å²) in [5.74, 6) is -4.71. The molecule has 1 heterocycles. The zero-order valence-electron chi connectivity index (χ0n) is 13.6. The van der Waals surface area contributed by atoms with Crippen molar-refractivity contribution in [2.75, 3.05) is 14.2 Å². The number of methoxy groups -OCH3 is 2. The van der Waals surface area contributed by atoms with Gasteiger partial charge in [-0.2, -0.15) is 0 Å². The third-order valence-electron chi connectivity index (χ3n) is 3.84. The summed E-state index contributed by atoms with van der Waals surface area (Å²) in [6, 6.07) is 3.81. The Morgan fingerprint density at radius 2 is 1.50 bits per heavy atom. The first-order valence-electron chi connectivity index (χ1n) is 7.20. The van der Waals surface area contributed by atoms with Gasteiger partial charge in [0.1, 0.15) is 5.39 Å². The van der Waals surface area contributed by atoms with E-state index in [1.807, 2.05) is 0 Å². The molecule has 0 aliphatic rings. The van der Waals surface area contributed by atoms with Gasteiger partial charge < -0.3 is 39.4 Å². The molecule has 0 radical (unpaired) electrons. The zero-order valence-corrected chi connectivity index (χ0v) is 13.6. The molecule has 0 aliphatic heterocycles. The van der Waals surface area contributed by atoms with E-state index >= 15 is 0 Å². The van der Waals surface area contributed by atoms with Gasteiger partial charge in [-0.05, 0) is 12.1 Å². The molecule has 136 valence electrons. The summed E-state index contributed by atoms with van der Waals surface area (Å²) in [6.45, 7) is 0. The molecule has 9 heteroatoms. The summed E-state index contributed by atoms with van der Waals surface area (Å²) in [4.78, 5) is 12.6. The maximum absolute atomic E-state index is 12.6. The van der Waals surface area contributed by atoms with E-state index in [0.29, 0.717) is 0 Å². The zero-order chi connectivity index (χ0) is 19.2. The van der Waals surface area contributed by atoms with Gasteiger partial charge in [-0.1, -0.05) is 6.07 Å². The number of phenols is 4. The summed E-state index contributed by atoms with van der Waals surface area (Å²) in [5, 5.41) is 49.7. The van der Waals surface area contributed by atoms with Crippen LogP contribution in [-0.2, 0) is 0 Å². The van der Waals surface area contributed by atoms with Crippen molar-refractivity contribution in [1.82, 2.24) is 0 Å². The number of hydrogen-bond acceptors (Lipinski definition) is 9. The van der Waals surface area contributed by atoms with Crippen LogP contribution in [0.4, 0.5) is 0 Å². The van der Waals surface area contributed by atoms with Gasteiger partial charge in [0.15, 0.2) is 28.6 Å². The first-order chi connectivity index (χ1) is 12.3. The minimum Gasteiger partial charge on any atom is -0.504 e. The van der Waals surface area contributed by atoms with E-state index in [4.69, 9.17) is 13.9 Å². The van der Waals surface area contributed by atoms with E-state index < -0.39 is 45.5 Å². The van der Waals surface area contributed by atoms with E-state index in [2.05, 4.69) is 0 Å². The molecule has 0 fully saturated rings. The molecular formula is C17H14O9. The second-order valence-electron chi connectivity index (χ2n) is 5.25. The Morgan fingerprint density at radius 1 is 0.846 bits per heavy atom. The molecule has 3 aromatic rings. The number of ether oxygens (including phenoxy) is 2. The Balaban J connectivity index is 2.52. The minimum absolute atomic E-state index is 0.199. The molecule has 2 aromatic carbocycles. The lowest BCUT2D eigenvalue weighted by molar-refractivity contribution is 0.322. The molecule has 26 heavy (non-hydrogen) atoms. The number of fused-ring (bicyclic) bond motifs is 1. The van der Waals surface area contributed by atoms with Gasteiger partial charge in [-0.25, -0.2) is 0 Å². The third-order valence-corrected chi connectivity index (χ3v) is 3.84. The molecule has 0 aliphatic carbocycles. The average molecular weight is 362 g/mol. The lowest BCUT2D eigenvalue weighted by atomic mass is 10.1. The first kappa shape index (κ1) is 17.1. The molecule has 0 saturated carbocycles. The van der Waals surface area contributed by atoms with Crippen LogP contribution in [0, 0.1) is 0 Å². The van der Waals surface area contributed by atoms with E-state index in [0.717, 1.165) is 0 Å². The Kier molecular flexibility index (Phi) is 3.91. The molecule has 0 amide bonds. The number of hydrogen-bond donors (Lipinski definition) is 5. The van der Waals surface area contributed by atoms with Gasteiger partial charge in [-0.3, -0.25) is 4.79 Å². The van der Waals surface area contributed by atoms with Crippen LogP contribution in [-0.4, -0.2) is 39.8 Å². The fourth-order valence-electron chi connectivity index (χ4n) is 2.62. The van der Waals surface area contributed by atoms with Crippen LogP contribution in [0.1, 0.15) is 0 Å². The molecule has 0 atom stereocenters. The number of para-hydroxylation sites is 1. The second-order valence-corrected chi connectivity index (χ2v) is 5.25. The predicted molar refractivity (Wildman–Crippen MR) is 89.3 cm³/mol. The highest BCUT2D eigenvalue weighted by Gasteiger charge is 2.28. The highest BCUT2D eigenvalue weighted by Crippen LogP contribution is 2.51. The van der Waals surface area contributed by atoms with Crippen molar-refractivity contribution in [3.8, 4) is 51.6 Å². The largest absolute Gasteiger partial charge is 0.504 e. The van der Waals surface area contributed by atoms with Gasteiger partial charge in [0.2, 0.25) is 28.4 Å². The fraction of sp³-hybridized carbons (Fsp3) is 0.118. The predicted octanol–water partition coefficient (Wildman–Crippen LogP) is 2.01. The Bertz CT molecular complexity index is 1080. The maximum Gasteiger partial charge on any atom is 0.239 e. The SMILES string of the molecule is COc1c(O)c(O)c2oc(-c3cccc(O)c3O)c(O)c(=O)c2c1OC. The smallest absolute Gasteiger partial charge is 0.239 e. The third kappa shape index (κ3) is 2.21. The van der Waals surface area contributed by atoms with E-state index in [-0.39, 0.29) is 22.4 Å². The fourth-order valence-corrected chi connectivity index (χ4v) is 2.62. The number of benzene rings is 2. The van der Waals surface area contributed by atoms with E-state index in [1.165, 1.54) is 32.4 Å². The maximum atomic E-state index is 12.6. The molecule has 0 saturated heterocycles. The van der Waals surface area contributed by atoms with Gasteiger partial charge in [0, 0.05) is 0 Å². The Labute approximate surface area is 145 Å². The van der Waals surface area contributed by atoms with Gasteiger partial charge in [-0.15, -0.1) is 0 Å². The molecule has 0 bridgehead atoms. The quantitative estimate of drug-likeness (QED) is 0.441. The highest BCUT2D eigenvalue weighted by molar-refractivity contribution is 5.96. The summed E-state index contributed by atoms with van der Waals surface area (Å²) in [7, 11) is 2.38. The number of rotatable bonds is 3. The van der Waals surface area contributed by atoms with Crippen LogP contribution in [0.25, 0.3) is 22.3 Å². The van der Waals surface area contributed by atoms with Crippen molar-refractivity contribution in [1.29, 1.82) is 0 Å². The van der Waals surface area contributed by atoms with E-state index in [1.54, 1.807) is 0 Å². The van der Waals surface area contributed by atoms with E-state index in [9.17, 15) is 30.3 Å². The highest BCUT2D eigenvalue weighted by atomic mass is 16.5. The number of phenolic OH excluding ortho intramolecular Hbond substituents is 4. The summed E-state index contributed by atoms with van der Waals surface area (Å²) in [5.41, 5.74) is -1.70. The lowest BCUT2D eigenvalue weighted by Gasteiger charge is -2.15. The van der Waals surface area contributed by atoms with Crippen molar-refractivity contribution in [3.05, 3.63) is 28.4 Å². The van der Waals surface area contributed by atoms with Crippen LogP contribution >= 0.6 is 0 Å². The molecule has 0 spiro atoms. The van der Waals surface area contributed by atoms with Crippen LogP contribution in [0.2, 0.25) is 0 Å². The lowest BCUT2D eigenvalue weighted by Crippen LogP contribution is -2.06. The van der Waals surface area contributed by atoms with Gasteiger partial charge >= 0.3 is 0 Å². The molecule has 5 N–H and O–H groups in total. The van der Waals surface area contributed by atoms with Crippen molar-refractivity contribution in [3.63, 3.8) is 0 Å². The van der Waals surface area contributed by atoms with Crippen molar-refractivity contribution >= 4 is 11.0 Å². The first-order valence-corrected chi connectivity index (χ1v) is 7.20. The topological polar surface area (TPSA) is 150 Å². The number of aromatic hydroxyl groups is 5. The van der Waals surface area contributed by atoms with Crippen LogP contribution < -0.4 is 14.9 Å². The van der Waals surface area contributed by atoms with Crippen molar-refractivity contribution in [2.24, 2.45) is 0 Å². The molecular weight excluding hydrogens is 348 g/mol. The standard InChI is InChI=1S/C17H14O9/c1-24-16-8-10(20)11(21)14(6-4-3-5-7(18)9(6)19)26-15(8)12(22)13(23)17(16)25-2/h3-5,18-19,21-23H,1-2H3. The van der Waals surface area contributed by atoms with Crippen molar-refractivity contribution in [2.45, 2.75) is 0 Å². The Morgan fingerprint density at radius 3 is 2.12 bits per heavy atom.